The Labute approximate surface area is 374 Å². The fraction of sp³-hybridized carbons (Fsp3) is 0.0638. The van der Waals surface area contributed by atoms with Gasteiger partial charge in [-0.1, -0.05) is 68.1 Å². The predicted molar refractivity (Wildman–Crippen MR) is 255 cm³/mol. The summed E-state index contributed by atoms with van der Waals surface area (Å²) in [6.07, 6.45) is 13.7. The van der Waals surface area contributed by atoms with Crippen LogP contribution in [0.15, 0.2) is 180 Å². The Morgan fingerprint density at radius 3 is 1.52 bits per heavy atom. The van der Waals surface area contributed by atoms with E-state index in [9.17, 15) is 9.59 Å². The number of nitrogens with zero attached hydrogens (tertiary/aromatic N) is 6. The van der Waals surface area contributed by atoms with E-state index in [1.54, 1.807) is 60.6 Å². The molecule has 0 saturated heterocycles. The molecule has 5 N–H and O–H groups in total. The number of rotatable bonds is 10. The van der Waals surface area contributed by atoms with Gasteiger partial charge in [0.05, 0.1) is 23.8 Å². The summed E-state index contributed by atoms with van der Waals surface area (Å²) in [4.78, 5) is 51.9. The molecule has 312 valence electrons. The molecule has 62 heavy (non-hydrogen) atoms. The van der Waals surface area contributed by atoms with E-state index in [2.05, 4.69) is 45.9 Å². The van der Waals surface area contributed by atoms with Crippen molar-refractivity contribution < 1.29 is 9.59 Å². The zero-order chi connectivity index (χ0) is 42.8. The lowest BCUT2D eigenvalue weighted by Crippen LogP contribution is -2.15. The number of amides is 2. The maximum absolute atomic E-state index is 12.8. The van der Waals surface area contributed by atoms with Crippen molar-refractivity contribution in [2.45, 2.75) is 17.2 Å². The SMILES string of the molecule is C.CSc1ccc(N)cc1.CSc1ccc(Nc2nccc(C(=O)Nc3cnccc3-c3ccccc3)n2)cc1.O=C(Nc1cnccc1-c1ccccc1)c1ccnc(Cl)n1. The molecule has 0 bridgehead atoms. The first-order valence-electron chi connectivity index (χ1n) is 18.5. The minimum atomic E-state index is -0.366. The van der Waals surface area contributed by atoms with Crippen LogP contribution < -0.4 is 21.7 Å². The number of anilines is 5. The fourth-order valence-corrected chi connectivity index (χ4v) is 6.48. The molecule has 0 radical (unpaired) electrons. The first-order valence-corrected chi connectivity index (χ1v) is 21.4. The highest BCUT2D eigenvalue weighted by molar-refractivity contribution is 7.98. The van der Waals surface area contributed by atoms with Crippen molar-refractivity contribution in [1.82, 2.24) is 29.9 Å². The molecule has 12 nitrogen and oxygen atoms in total. The van der Waals surface area contributed by atoms with Gasteiger partial charge in [-0.15, -0.1) is 23.5 Å². The highest BCUT2D eigenvalue weighted by Crippen LogP contribution is 2.28. The van der Waals surface area contributed by atoms with Gasteiger partial charge in [0.15, 0.2) is 0 Å². The molecular formula is C47H43ClN10O2S2. The Morgan fingerprint density at radius 1 is 0.565 bits per heavy atom. The molecule has 0 aliphatic heterocycles. The fourth-order valence-electron chi connectivity index (χ4n) is 5.51. The van der Waals surface area contributed by atoms with Gasteiger partial charge in [-0.05, 0) is 108 Å². The molecule has 0 fully saturated rings. The minimum Gasteiger partial charge on any atom is -0.399 e. The summed E-state index contributed by atoms with van der Waals surface area (Å²) in [5.74, 6) is -0.341. The zero-order valence-corrected chi connectivity index (χ0v) is 35.3. The number of pyridine rings is 2. The molecule has 4 aromatic carbocycles. The maximum atomic E-state index is 12.8. The van der Waals surface area contributed by atoms with Gasteiger partial charge >= 0.3 is 0 Å². The highest BCUT2D eigenvalue weighted by Gasteiger charge is 2.14. The normalized spacial score (nSPS) is 10.0. The summed E-state index contributed by atoms with van der Waals surface area (Å²) >= 11 is 9.10. The lowest BCUT2D eigenvalue weighted by molar-refractivity contribution is 0.101. The summed E-state index contributed by atoms with van der Waals surface area (Å²) in [6.45, 7) is 0. The van der Waals surface area contributed by atoms with Gasteiger partial charge in [0.2, 0.25) is 11.2 Å². The van der Waals surface area contributed by atoms with Crippen molar-refractivity contribution in [3.63, 3.8) is 0 Å². The van der Waals surface area contributed by atoms with Crippen LogP contribution in [-0.2, 0) is 0 Å². The van der Waals surface area contributed by atoms with Crippen molar-refractivity contribution in [3.8, 4) is 22.3 Å². The van der Waals surface area contributed by atoms with E-state index in [1.807, 2.05) is 134 Å². The Balaban J connectivity index is 0.000000198. The molecule has 2 amide bonds. The van der Waals surface area contributed by atoms with Gasteiger partial charge in [-0.3, -0.25) is 19.6 Å². The van der Waals surface area contributed by atoms with Crippen LogP contribution in [0.3, 0.4) is 0 Å². The number of nitrogens with two attached hydrogens (primary N) is 1. The van der Waals surface area contributed by atoms with Crippen LogP contribution in [0.4, 0.5) is 28.7 Å². The van der Waals surface area contributed by atoms with Gasteiger partial charge in [0.1, 0.15) is 11.4 Å². The van der Waals surface area contributed by atoms with Crippen LogP contribution in [0.5, 0.6) is 0 Å². The Bertz CT molecular complexity index is 2660. The predicted octanol–water partition coefficient (Wildman–Crippen LogP) is 11.3. The summed E-state index contributed by atoms with van der Waals surface area (Å²) in [5, 5.41) is 8.87. The van der Waals surface area contributed by atoms with Crippen LogP contribution >= 0.6 is 35.1 Å². The van der Waals surface area contributed by atoms with Gasteiger partial charge in [0, 0.05) is 57.1 Å². The number of halogens is 1. The lowest BCUT2D eigenvalue weighted by atomic mass is 10.1. The molecule has 0 spiro atoms. The molecule has 0 atom stereocenters. The van der Waals surface area contributed by atoms with Crippen LogP contribution in [0.1, 0.15) is 28.4 Å². The van der Waals surface area contributed by atoms with Crippen molar-refractivity contribution in [1.29, 1.82) is 0 Å². The van der Waals surface area contributed by atoms with Crippen LogP contribution in [0.2, 0.25) is 5.28 Å². The van der Waals surface area contributed by atoms with Crippen molar-refractivity contribution in [2.24, 2.45) is 0 Å². The number of nitrogens with one attached hydrogen (secondary N) is 3. The number of carbonyl (C=O) groups excluding carboxylic acids is 2. The second-order valence-electron chi connectivity index (χ2n) is 12.6. The van der Waals surface area contributed by atoms with Crippen molar-refractivity contribution in [3.05, 3.63) is 187 Å². The van der Waals surface area contributed by atoms with E-state index in [0.717, 1.165) is 33.6 Å². The summed E-state index contributed by atoms with van der Waals surface area (Å²) in [7, 11) is 0. The minimum absolute atomic E-state index is 0. The number of hydrogen-bond donors (Lipinski definition) is 4. The average molecular weight is 880 g/mol. The summed E-state index contributed by atoms with van der Waals surface area (Å²) in [5.41, 5.74) is 12.6. The average Bonchev–Trinajstić information content (AvgIpc) is 3.31. The third kappa shape index (κ3) is 13.4. The third-order valence-corrected chi connectivity index (χ3v) is 10.2. The number of nitrogen functional groups attached to an aromatic ring is 1. The number of carbonyl (C=O) groups is 2. The van der Waals surface area contributed by atoms with Crippen molar-refractivity contribution >= 4 is 75.6 Å². The van der Waals surface area contributed by atoms with E-state index in [4.69, 9.17) is 17.3 Å². The van der Waals surface area contributed by atoms with Gasteiger partial charge < -0.3 is 21.7 Å². The molecular weight excluding hydrogens is 836 g/mol. The van der Waals surface area contributed by atoms with Crippen LogP contribution in [0, 0.1) is 0 Å². The van der Waals surface area contributed by atoms with Gasteiger partial charge in [-0.25, -0.2) is 19.9 Å². The quantitative estimate of drug-likeness (QED) is 0.0582. The number of aromatic nitrogens is 6. The first-order chi connectivity index (χ1) is 29.8. The largest absolute Gasteiger partial charge is 0.399 e. The van der Waals surface area contributed by atoms with Crippen LogP contribution in [-0.4, -0.2) is 54.2 Å². The molecule has 15 heteroatoms. The standard InChI is InChI=1S/C23H19N5OS.C16H11ClN4O.C7H9NS.CH4/c1-30-18-9-7-17(8-10-18)26-23-25-14-12-20(28-23)22(29)27-21-15-24-13-11-19(21)16-5-3-2-4-6-16;17-16-19-9-7-13(21-16)15(22)20-14-10-18-8-6-12(14)11-4-2-1-3-5-11;1-9-7-4-2-6(8)3-5-7;/h2-15H,1H3,(H,27,29)(H,25,26,28);1-10H,(H,20,22);2-5H,8H2,1H3;1H4. The molecule has 8 aromatic rings. The summed E-state index contributed by atoms with van der Waals surface area (Å²) < 4.78 is 0. The smallest absolute Gasteiger partial charge is 0.274 e. The molecule has 4 aromatic heterocycles. The first kappa shape index (κ1) is 45.9. The van der Waals surface area contributed by atoms with E-state index < -0.39 is 0 Å². The molecule has 0 aliphatic rings. The Kier molecular flexibility index (Phi) is 17.5. The molecule has 0 aliphatic carbocycles. The van der Waals surface area contributed by atoms with Crippen LogP contribution in [0.25, 0.3) is 22.3 Å². The second-order valence-corrected chi connectivity index (χ2v) is 14.7. The molecule has 8 rings (SSSR count). The van der Waals surface area contributed by atoms with E-state index in [1.165, 1.54) is 22.1 Å². The maximum Gasteiger partial charge on any atom is 0.274 e. The summed E-state index contributed by atoms with van der Waals surface area (Å²) in [6, 6.07) is 42.1. The van der Waals surface area contributed by atoms with Gasteiger partial charge in [-0.2, -0.15) is 0 Å². The van der Waals surface area contributed by atoms with E-state index in [-0.39, 0.29) is 35.9 Å². The molecule has 0 saturated carbocycles. The molecule has 4 heterocycles. The highest BCUT2D eigenvalue weighted by atomic mass is 35.5. The topological polar surface area (TPSA) is 174 Å². The molecule has 0 unspecified atom stereocenters. The number of hydrogen-bond acceptors (Lipinski definition) is 12. The van der Waals surface area contributed by atoms with Gasteiger partial charge in [0.25, 0.3) is 11.8 Å². The third-order valence-electron chi connectivity index (χ3n) is 8.52. The lowest BCUT2D eigenvalue weighted by Gasteiger charge is -2.11. The number of thioether (sulfide) groups is 2. The van der Waals surface area contributed by atoms with E-state index >= 15 is 0 Å². The zero-order valence-electron chi connectivity index (χ0n) is 32.9. The second kappa shape index (κ2) is 23.6. The van der Waals surface area contributed by atoms with Crippen molar-refractivity contribution in [2.75, 3.05) is 34.2 Å². The monoisotopic (exact) mass is 878 g/mol. The Hall–Kier alpha value is -7.13. The Morgan fingerprint density at radius 2 is 1.03 bits per heavy atom. The number of benzene rings is 4. The van der Waals surface area contributed by atoms with E-state index in [0.29, 0.717) is 17.3 Å².